The Morgan fingerprint density at radius 2 is 1.91 bits per heavy atom. The smallest absolute Gasteiger partial charge is 0.324 e. The number of benzene rings is 2. The number of phenols is 1. The lowest BCUT2D eigenvalue weighted by molar-refractivity contribution is -0.384. The van der Waals surface area contributed by atoms with Crippen LogP contribution in [-0.2, 0) is 6.54 Å². The van der Waals surface area contributed by atoms with Crippen molar-refractivity contribution in [2.75, 3.05) is 4.90 Å². The minimum Gasteiger partial charge on any atom is -0.505 e. The number of non-ortho nitro benzene ring substituents is 1. The van der Waals surface area contributed by atoms with E-state index in [1.54, 1.807) is 24.3 Å². The second kappa shape index (κ2) is 6.10. The molecular formula is C14H14N4O4. The predicted molar refractivity (Wildman–Crippen MR) is 80.8 cm³/mol. The number of hydrogen-bond donors (Lipinski definition) is 3. The van der Waals surface area contributed by atoms with Crippen molar-refractivity contribution >= 4 is 23.1 Å². The molecule has 0 aliphatic heterocycles. The average molecular weight is 302 g/mol. The van der Waals surface area contributed by atoms with E-state index < -0.39 is 16.7 Å². The first kappa shape index (κ1) is 15.3. The number of amides is 2. The van der Waals surface area contributed by atoms with E-state index in [0.29, 0.717) is 11.3 Å². The molecule has 22 heavy (non-hydrogen) atoms. The highest BCUT2D eigenvalue weighted by molar-refractivity contribution is 6.00. The molecule has 2 aromatic carbocycles. The Balaban J connectivity index is 2.58. The van der Waals surface area contributed by atoms with Crippen LogP contribution in [0.2, 0.25) is 0 Å². The summed E-state index contributed by atoms with van der Waals surface area (Å²) in [4.78, 5) is 22.9. The minimum absolute atomic E-state index is 0.0407. The highest BCUT2D eigenvalue weighted by atomic mass is 16.6. The van der Waals surface area contributed by atoms with E-state index in [-0.39, 0.29) is 17.9 Å². The number of primary amides is 1. The number of aromatic hydroxyl groups is 1. The van der Waals surface area contributed by atoms with Gasteiger partial charge in [-0.15, -0.1) is 0 Å². The normalized spacial score (nSPS) is 10.2. The molecule has 0 radical (unpaired) electrons. The van der Waals surface area contributed by atoms with Crippen LogP contribution >= 0.6 is 0 Å². The molecule has 2 aromatic rings. The van der Waals surface area contributed by atoms with Crippen molar-refractivity contribution in [1.29, 1.82) is 0 Å². The Bertz CT molecular complexity index is 733. The summed E-state index contributed by atoms with van der Waals surface area (Å²) in [5.41, 5.74) is 11.8. The molecule has 0 bridgehead atoms. The van der Waals surface area contributed by atoms with Crippen molar-refractivity contribution in [1.82, 2.24) is 0 Å². The van der Waals surface area contributed by atoms with Gasteiger partial charge in [-0.25, -0.2) is 4.79 Å². The number of phenolic OH excluding ortho intramolecular Hbond substituents is 1. The Morgan fingerprint density at radius 1 is 1.23 bits per heavy atom. The number of carbonyl (C=O) groups excluding carboxylic acids is 1. The third kappa shape index (κ3) is 2.81. The van der Waals surface area contributed by atoms with Crippen LogP contribution in [0, 0.1) is 10.1 Å². The van der Waals surface area contributed by atoms with Gasteiger partial charge in [0.25, 0.3) is 5.69 Å². The van der Waals surface area contributed by atoms with Gasteiger partial charge >= 0.3 is 6.03 Å². The quantitative estimate of drug-likeness (QED) is 0.586. The number of nitrogens with zero attached hydrogens (tertiary/aromatic N) is 2. The van der Waals surface area contributed by atoms with E-state index in [4.69, 9.17) is 11.5 Å². The van der Waals surface area contributed by atoms with Gasteiger partial charge in [0.1, 0.15) is 5.75 Å². The number of nitro groups is 1. The first-order chi connectivity index (χ1) is 10.5. The second-order valence-electron chi connectivity index (χ2n) is 4.44. The van der Waals surface area contributed by atoms with Crippen LogP contribution in [0.3, 0.4) is 0 Å². The Kier molecular flexibility index (Phi) is 4.23. The van der Waals surface area contributed by atoms with Crippen molar-refractivity contribution in [3.8, 4) is 5.75 Å². The molecule has 2 rings (SSSR count). The number of nitrogens with two attached hydrogens (primary N) is 2. The Hall–Kier alpha value is -3.13. The molecule has 0 spiro atoms. The van der Waals surface area contributed by atoms with E-state index in [9.17, 15) is 20.0 Å². The van der Waals surface area contributed by atoms with E-state index in [1.165, 1.54) is 12.1 Å². The largest absolute Gasteiger partial charge is 0.505 e. The summed E-state index contributed by atoms with van der Waals surface area (Å²) in [5, 5.41) is 20.7. The molecule has 114 valence electrons. The van der Waals surface area contributed by atoms with Crippen LogP contribution in [0.15, 0.2) is 42.5 Å². The summed E-state index contributed by atoms with van der Waals surface area (Å²) in [5.74, 6) is -0.431. The van der Waals surface area contributed by atoms with Gasteiger partial charge in [0.15, 0.2) is 0 Å². The van der Waals surface area contributed by atoms with Crippen LogP contribution in [0.1, 0.15) is 5.56 Å². The van der Waals surface area contributed by atoms with Gasteiger partial charge in [0.2, 0.25) is 0 Å². The molecule has 5 N–H and O–H groups in total. The highest BCUT2D eigenvalue weighted by Gasteiger charge is 2.22. The van der Waals surface area contributed by atoms with Crippen LogP contribution in [0.5, 0.6) is 5.75 Å². The topological polar surface area (TPSA) is 136 Å². The summed E-state index contributed by atoms with van der Waals surface area (Å²) in [6.07, 6.45) is 0. The van der Waals surface area contributed by atoms with Gasteiger partial charge in [0, 0.05) is 12.6 Å². The zero-order valence-electron chi connectivity index (χ0n) is 11.5. The summed E-state index contributed by atoms with van der Waals surface area (Å²) in [6.45, 7) is 0.160. The van der Waals surface area contributed by atoms with Crippen LogP contribution in [0.25, 0.3) is 0 Å². The molecule has 0 heterocycles. The van der Waals surface area contributed by atoms with Gasteiger partial charge in [-0.2, -0.15) is 0 Å². The third-order valence-electron chi connectivity index (χ3n) is 3.08. The molecule has 0 aliphatic carbocycles. The molecule has 8 nitrogen and oxygen atoms in total. The molecule has 0 unspecified atom stereocenters. The van der Waals surface area contributed by atoms with Crippen molar-refractivity contribution in [3.63, 3.8) is 0 Å². The predicted octanol–water partition coefficient (Wildman–Crippen LogP) is 1.98. The first-order valence-electron chi connectivity index (χ1n) is 6.30. The summed E-state index contributed by atoms with van der Waals surface area (Å²) in [6, 6.07) is 9.32. The maximum atomic E-state index is 11.8. The fourth-order valence-corrected chi connectivity index (χ4v) is 2.08. The average Bonchev–Trinajstić information content (AvgIpc) is 2.49. The standard InChI is InChI=1S/C14H14N4O4/c15-8-9-3-1-2-4-11(9)17(14(16)20)12-6-5-10(18(21)22)7-13(12)19/h1-7,19H,8,15H2,(H2,16,20). The fourth-order valence-electron chi connectivity index (χ4n) is 2.08. The van der Waals surface area contributed by atoms with Gasteiger partial charge in [0.05, 0.1) is 22.4 Å². The number of carbonyl (C=O) groups is 1. The lowest BCUT2D eigenvalue weighted by atomic mass is 10.1. The number of urea groups is 1. The summed E-state index contributed by atoms with van der Waals surface area (Å²) >= 11 is 0. The minimum atomic E-state index is -0.843. The SMILES string of the molecule is NCc1ccccc1N(C(N)=O)c1ccc([N+](=O)[O-])cc1O. The molecule has 0 fully saturated rings. The van der Waals surface area contributed by atoms with Gasteiger partial charge in [-0.1, -0.05) is 18.2 Å². The molecule has 0 saturated heterocycles. The van der Waals surface area contributed by atoms with E-state index in [2.05, 4.69) is 0 Å². The van der Waals surface area contributed by atoms with Gasteiger partial charge < -0.3 is 16.6 Å². The molecule has 8 heteroatoms. The number of para-hydroxylation sites is 1. The molecule has 0 aromatic heterocycles. The highest BCUT2D eigenvalue weighted by Crippen LogP contribution is 2.36. The maximum Gasteiger partial charge on any atom is 0.324 e. The Morgan fingerprint density at radius 3 is 2.45 bits per heavy atom. The van der Waals surface area contributed by atoms with Crippen molar-refractivity contribution < 1.29 is 14.8 Å². The van der Waals surface area contributed by atoms with E-state index in [1.807, 2.05) is 0 Å². The van der Waals surface area contributed by atoms with Crippen molar-refractivity contribution in [2.45, 2.75) is 6.54 Å². The number of anilines is 2. The lowest BCUT2D eigenvalue weighted by Crippen LogP contribution is -2.32. The van der Waals surface area contributed by atoms with E-state index in [0.717, 1.165) is 11.0 Å². The zero-order chi connectivity index (χ0) is 16.3. The molecule has 0 atom stereocenters. The zero-order valence-corrected chi connectivity index (χ0v) is 11.5. The lowest BCUT2D eigenvalue weighted by Gasteiger charge is -2.23. The van der Waals surface area contributed by atoms with Crippen molar-refractivity contribution in [3.05, 3.63) is 58.1 Å². The van der Waals surface area contributed by atoms with Gasteiger partial charge in [-0.05, 0) is 17.7 Å². The van der Waals surface area contributed by atoms with Gasteiger partial charge in [-0.3, -0.25) is 15.0 Å². The Labute approximate surface area is 125 Å². The van der Waals surface area contributed by atoms with Crippen LogP contribution in [0.4, 0.5) is 21.9 Å². The number of hydrogen-bond acceptors (Lipinski definition) is 5. The van der Waals surface area contributed by atoms with E-state index >= 15 is 0 Å². The maximum absolute atomic E-state index is 11.8. The van der Waals surface area contributed by atoms with Crippen LogP contribution < -0.4 is 16.4 Å². The monoisotopic (exact) mass is 302 g/mol. The van der Waals surface area contributed by atoms with Crippen molar-refractivity contribution in [2.24, 2.45) is 11.5 Å². The summed E-state index contributed by atoms with van der Waals surface area (Å²) < 4.78 is 0. The first-order valence-corrected chi connectivity index (χ1v) is 6.30. The van der Waals surface area contributed by atoms with Crippen LogP contribution in [-0.4, -0.2) is 16.1 Å². The number of rotatable bonds is 4. The number of nitro benzene ring substituents is 1. The molecule has 0 aliphatic rings. The molecule has 0 saturated carbocycles. The molecule has 2 amide bonds. The third-order valence-corrected chi connectivity index (χ3v) is 3.08. The second-order valence-corrected chi connectivity index (χ2v) is 4.44. The summed E-state index contributed by atoms with van der Waals surface area (Å²) in [7, 11) is 0. The molecular weight excluding hydrogens is 288 g/mol. The fraction of sp³-hybridized carbons (Fsp3) is 0.0714.